The van der Waals surface area contributed by atoms with Crippen LogP contribution in [0.4, 0.5) is 13.2 Å². The lowest BCUT2D eigenvalue weighted by Gasteiger charge is -2.08. The first-order chi connectivity index (χ1) is 8.29. The summed E-state index contributed by atoms with van der Waals surface area (Å²) < 4.78 is 61.5. The fraction of sp³-hybridized carbons (Fsp3) is 0.111. The van der Waals surface area contributed by atoms with Crippen LogP contribution in [0.15, 0.2) is 30.5 Å². The molecule has 0 aliphatic heterocycles. The molecule has 0 fully saturated rings. The Kier molecular flexibility index (Phi) is 2.85. The molecule has 96 valence electrons. The van der Waals surface area contributed by atoms with Crippen molar-refractivity contribution in [1.82, 2.24) is 9.97 Å². The Morgan fingerprint density at radius 1 is 1.11 bits per heavy atom. The Morgan fingerprint density at radius 3 is 2.33 bits per heavy atom. The van der Waals surface area contributed by atoms with E-state index in [1.54, 1.807) is 18.2 Å². The van der Waals surface area contributed by atoms with Gasteiger partial charge in [-0.05, 0) is 12.1 Å². The third kappa shape index (κ3) is 2.35. The second kappa shape index (κ2) is 4.09. The van der Waals surface area contributed by atoms with Gasteiger partial charge in [-0.15, -0.1) is 0 Å². The van der Waals surface area contributed by atoms with E-state index in [4.69, 9.17) is 0 Å². The maximum absolute atomic E-state index is 12.1. The summed E-state index contributed by atoms with van der Waals surface area (Å²) in [4.78, 5) is 7.34. The monoisotopic (exact) mass is 278 g/mol. The van der Waals surface area contributed by atoms with Crippen molar-refractivity contribution in [2.75, 3.05) is 0 Å². The van der Waals surface area contributed by atoms with Gasteiger partial charge < -0.3 is 4.18 Å². The van der Waals surface area contributed by atoms with E-state index in [-0.39, 0.29) is 5.52 Å². The van der Waals surface area contributed by atoms with E-state index in [1.807, 2.05) is 0 Å². The van der Waals surface area contributed by atoms with Crippen LogP contribution in [0.3, 0.4) is 0 Å². The molecule has 0 aliphatic carbocycles. The first-order valence-corrected chi connectivity index (χ1v) is 5.93. The Labute approximate surface area is 99.4 Å². The number of aromatic nitrogens is 2. The number of fused-ring (bicyclic) bond motifs is 1. The lowest BCUT2D eigenvalue weighted by molar-refractivity contribution is -0.0501. The second-order valence-electron chi connectivity index (χ2n) is 3.18. The van der Waals surface area contributed by atoms with Gasteiger partial charge in [0.15, 0.2) is 0 Å². The lowest BCUT2D eigenvalue weighted by Crippen LogP contribution is -2.28. The summed E-state index contributed by atoms with van der Waals surface area (Å²) in [6, 6.07) is 6.28. The largest absolute Gasteiger partial charge is 0.534 e. The maximum atomic E-state index is 12.1. The van der Waals surface area contributed by atoms with Crippen LogP contribution in [-0.4, -0.2) is 23.9 Å². The summed E-state index contributed by atoms with van der Waals surface area (Å²) in [7, 11) is -5.72. The topological polar surface area (TPSA) is 69.2 Å². The highest BCUT2D eigenvalue weighted by Crippen LogP contribution is 2.26. The van der Waals surface area contributed by atoms with Crippen molar-refractivity contribution in [3.63, 3.8) is 0 Å². The zero-order chi connectivity index (χ0) is 13.4. The smallest absolute Gasteiger partial charge is 0.354 e. The molecule has 9 heteroatoms. The fourth-order valence-electron chi connectivity index (χ4n) is 1.14. The fourth-order valence-corrected chi connectivity index (χ4v) is 1.54. The average molecular weight is 278 g/mol. The van der Waals surface area contributed by atoms with Crippen molar-refractivity contribution in [3.8, 4) is 5.88 Å². The van der Waals surface area contributed by atoms with Gasteiger partial charge in [-0.1, -0.05) is 12.1 Å². The van der Waals surface area contributed by atoms with E-state index in [2.05, 4.69) is 14.2 Å². The van der Waals surface area contributed by atoms with Gasteiger partial charge in [0.05, 0.1) is 17.2 Å². The molecule has 0 spiro atoms. The molecule has 1 aromatic heterocycles. The van der Waals surface area contributed by atoms with Crippen molar-refractivity contribution >= 4 is 21.2 Å². The number of nitrogens with zero attached hydrogens (tertiary/aromatic N) is 2. The summed E-state index contributed by atoms with van der Waals surface area (Å²) in [5.41, 5.74) is -4.86. The summed E-state index contributed by atoms with van der Waals surface area (Å²) in [6.07, 6.45) is 0.811. The van der Waals surface area contributed by atoms with Crippen LogP contribution in [0.2, 0.25) is 0 Å². The first-order valence-electron chi connectivity index (χ1n) is 4.52. The predicted octanol–water partition coefficient (Wildman–Crippen LogP) is 1.86. The molecule has 0 amide bonds. The normalized spacial score (nSPS) is 12.6. The van der Waals surface area contributed by atoms with E-state index in [0.29, 0.717) is 5.52 Å². The van der Waals surface area contributed by atoms with Crippen LogP contribution in [0.25, 0.3) is 11.0 Å². The summed E-state index contributed by atoms with van der Waals surface area (Å²) in [5.74, 6) is -0.731. The van der Waals surface area contributed by atoms with Gasteiger partial charge in [-0.25, -0.2) is 9.97 Å². The van der Waals surface area contributed by atoms with Gasteiger partial charge in [-0.2, -0.15) is 21.6 Å². The molecule has 0 saturated carbocycles. The number of para-hydroxylation sites is 2. The molecule has 18 heavy (non-hydrogen) atoms. The van der Waals surface area contributed by atoms with Gasteiger partial charge in [-0.3, -0.25) is 0 Å². The molecular weight excluding hydrogens is 273 g/mol. The molecular formula is C9H5F3N2O3S. The molecule has 0 saturated heterocycles. The number of alkyl halides is 3. The maximum Gasteiger partial charge on any atom is 0.534 e. The van der Waals surface area contributed by atoms with Crippen molar-refractivity contribution in [2.24, 2.45) is 0 Å². The minimum Gasteiger partial charge on any atom is -0.354 e. The van der Waals surface area contributed by atoms with Crippen molar-refractivity contribution < 1.29 is 25.8 Å². The van der Waals surface area contributed by atoms with E-state index < -0.39 is 21.5 Å². The highest BCUT2D eigenvalue weighted by molar-refractivity contribution is 7.87. The van der Waals surface area contributed by atoms with Crippen LogP contribution in [0.1, 0.15) is 0 Å². The zero-order valence-corrected chi connectivity index (χ0v) is 9.36. The quantitative estimate of drug-likeness (QED) is 0.619. The van der Waals surface area contributed by atoms with E-state index >= 15 is 0 Å². The number of halogens is 3. The second-order valence-corrected chi connectivity index (χ2v) is 4.72. The highest BCUT2D eigenvalue weighted by atomic mass is 32.2. The zero-order valence-electron chi connectivity index (χ0n) is 8.55. The third-order valence-electron chi connectivity index (χ3n) is 1.91. The van der Waals surface area contributed by atoms with Gasteiger partial charge in [0.1, 0.15) is 0 Å². The van der Waals surface area contributed by atoms with Crippen molar-refractivity contribution in [1.29, 1.82) is 0 Å². The molecule has 0 atom stereocenters. The van der Waals surface area contributed by atoms with Crippen LogP contribution < -0.4 is 4.18 Å². The average Bonchev–Trinajstić information content (AvgIpc) is 2.27. The summed E-state index contributed by atoms with van der Waals surface area (Å²) in [6.45, 7) is 0. The molecule has 0 unspecified atom stereocenters. The summed E-state index contributed by atoms with van der Waals surface area (Å²) >= 11 is 0. The van der Waals surface area contributed by atoms with Crippen LogP contribution in [-0.2, 0) is 10.1 Å². The first kappa shape index (κ1) is 12.6. The minimum absolute atomic E-state index is 0.229. The molecule has 1 heterocycles. The number of rotatable bonds is 2. The number of benzene rings is 1. The van der Waals surface area contributed by atoms with Gasteiger partial charge in [0.2, 0.25) is 0 Å². The van der Waals surface area contributed by atoms with Gasteiger partial charge >= 0.3 is 15.6 Å². The Balaban J connectivity index is 2.39. The van der Waals surface area contributed by atoms with Crippen molar-refractivity contribution in [2.45, 2.75) is 5.51 Å². The van der Waals surface area contributed by atoms with Gasteiger partial charge in [0.25, 0.3) is 5.88 Å². The van der Waals surface area contributed by atoms with Gasteiger partial charge in [0, 0.05) is 0 Å². The van der Waals surface area contributed by atoms with Crippen LogP contribution >= 0.6 is 0 Å². The molecule has 2 rings (SSSR count). The van der Waals surface area contributed by atoms with Crippen LogP contribution in [0, 0.1) is 0 Å². The van der Waals surface area contributed by atoms with E-state index in [9.17, 15) is 21.6 Å². The molecule has 1 aromatic carbocycles. The molecule has 0 N–H and O–H groups in total. The highest BCUT2D eigenvalue weighted by Gasteiger charge is 2.48. The molecule has 2 aromatic rings. The predicted molar refractivity (Wildman–Crippen MR) is 55.1 cm³/mol. The third-order valence-corrected chi connectivity index (χ3v) is 2.86. The number of hydrogen-bond donors (Lipinski definition) is 0. The molecule has 0 aliphatic rings. The molecule has 5 nitrogen and oxygen atoms in total. The Bertz CT molecular complexity index is 685. The van der Waals surface area contributed by atoms with Crippen LogP contribution in [0.5, 0.6) is 5.88 Å². The standard InChI is InChI=1S/C9H5F3N2O3S/c10-9(11,12)18(15,16)17-8-5-13-6-3-1-2-4-7(6)14-8/h1-5H. The van der Waals surface area contributed by atoms with E-state index in [0.717, 1.165) is 6.20 Å². The lowest BCUT2D eigenvalue weighted by atomic mass is 10.3. The Morgan fingerprint density at radius 2 is 1.72 bits per heavy atom. The summed E-state index contributed by atoms with van der Waals surface area (Å²) in [5, 5.41) is 0. The molecule has 0 bridgehead atoms. The Hall–Kier alpha value is -1.90. The molecule has 0 radical (unpaired) electrons. The SMILES string of the molecule is O=S(=O)(Oc1cnc2ccccc2n1)C(F)(F)F. The van der Waals surface area contributed by atoms with Crippen molar-refractivity contribution in [3.05, 3.63) is 30.5 Å². The van der Waals surface area contributed by atoms with E-state index in [1.165, 1.54) is 6.07 Å². The minimum atomic E-state index is -5.72. The number of hydrogen-bond acceptors (Lipinski definition) is 5.